The summed E-state index contributed by atoms with van der Waals surface area (Å²) < 4.78 is 5.75. The van der Waals surface area contributed by atoms with E-state index in [-0.39, 0.29) is 5.92 Å². The lowest BCUT2D eigenvalue weighted by molar-refractivity contribution is 0.236. The highest BCUT2D eigenvalue weighted by molar-refractivity contribution is 6.01. The normalized spacial score (nSPS) is 19.4. The largest absolute Gasteiger partial charge is 0.494 e. The molecule has 0 saturated carbocycles. The summed E-state index contributed by atoms with van der Waals surface area (Å²) in [5.41, 5.74) is 17.2. The van der Waals surface area contributed by atoms with E-state index >= 15 is 0 Å². The molecule has 1 aliphatic heterocycles. The van der Waals surface area contributed by atoms with E-state index < -0.39 is 0 Å². The highest BCUT2D eigenvalue weighted by Crippen LogP contribution is 2.42. The Bertz CT molecular complexity index is 713. The topological polar surface area (TPSA) is 73.6 Å². The number of aryl methyl sites for hydroxylation is 1. The smallest absolute Gasteiger partial charge is 0.129 e. The van der Waals surface area contributed by atoms with Crippen molar-refractivity contribution in [2.45, 2.75) is 39.5 Å². The fraction of sp³-hybridized carbons (Fsp3) is 0.350. The van der Waals surface area contributed by atoms with Crippen LogP contribution in [0.15, 0.2) is 64.6 Å². The van der Waals surface area contributed by atoms with E-state index in [2.05, 4.69) is 37.6 Å². The number of aliphatic imine (C=N–C) groups is 1. The van der Waals surface area contributed by atoms with Crippen LogP contribution >= 0.6 is 0 Å². The van der Waals surface area contributed by atoms with Gasteiger partial charge in [-0.15, -0.1) is 0 Å². The van der Waals surface area contributed by atoms with Crippen molar-refractivity contribution in [3.8, 4) is 0 Å². The van der Waals surface area contributed by atoms with Crippen LogP contribution in [0.4, 0.5) is 0 Å². The summed E-state index contributed by atoms with van der Waals surface area (Å²) >= 11 is 0. The predicted molar refractivity (Wildman–Crippen MR) is 101 cm³/mol. The Kier molecular flexibility index (Phi) is 5.85. The average Bonchev–Trinajstić information content (AvgIpc) is 2.55. The molecular formula is C20H27N3O. The molecule has 0 saturated heterocycles. The zero-order valence-electron chi connectivity index (χ0n) is 14.8. The van der Waals surface area contributed by atoms with Gasteiger partial charge in [0.15, 0.2) is 0 Å². The van der Waals surface area contributed by atoms with E-state index in [1.807, 2.05) is 19.1 Å². The number of hydrogen-bond acceptors (Lipinski definition) is 4. The monoisotopic (exact) mass is 325 g/mol. The first-order valence-electron chi connectivity index (χ1n) is 8.42. The molecule has 4 N–H and O–H groups in total. The van der Waals surface area contributed by atoms with Crippen LogP contribution in [0.3, 0.4) is 0 Å². The standard InChI is InChI=1S/C20H27N3O/c1-5-9-17-18(14(4)24-6-2)19(16(12-21)20(22)23-17)15-11-8-7-10-13(15)3/h7-8,10-12,19H,4-6,9,21H2,1-3H3,(H2,22,23)/b16-12-. The van der Waals surface area contributed by atoms with E-state index in [0.717, 1.165) is 35.2 Å². The number of nitrogens with zero attached hydrogens (tertiary/aromatic N) is 1. The Morgan fingerprint density at radius 3 is 2.62 bits per heavy atom. The van der Waals surface area contributed by atoms with Crippen LogP contribution in [-0.2, 0) is 4.74 Å². The minimum absolute atomic E-state index is 0.103. The van der Waals surface area contributed by atoms with Crippen LogP contribution < -0.4 is 11.5 Å². The van der Waals surface area contributed by atoms with E-state index in [4.69, 9.17) is 16.2 Å². The maximum Gasteiger partial charge on any atom is 0.129 e. The predicted octanol–water partition coefficient (Wildman–Crippen LogP) is 3.90. The minimum atomic E-state index is -0.103. The van der Waals surface area contributed by atoms with Crippen molar-refractivity contribution in [3.05, 3.63) is 70.8 Å². The van der Waals surface area contributed by atoms with Gasteiger partial charge in [-0.2, -0.15) is 0 Å². The van der Waals surface area contributed by atoms with Gasteiger partial charge in [0.1, 0.15) is 11.6 Å². The number of benzene rings is 1. The number of ether oxygens (including phenoxy) is 1. The third kappa shape index (κ3) is 3.37. The molecule has 1 heterocycles. The Morgan fingerprint density at radius 2 is 2.04 bits per heavy atom. The molecule has 1 aliphatic rings. The molecule has 0 spiro atoms. The number of hydrogen-bond donors (Lipinski definition) is 2. The summed E-state index contributed by atoms with van der Waals surface area (Å²) in [5.74, 6) is 1.02. The first-order chi connectivity index (χ1) is 11.5. The van der Waals surface area contributed by atoms with Gasteiger partial charge in [-0.05, 0) is 31.4 Å². The summed E-state index contributed by atoms with van der Waals surface area (Å²) in [5, 5.41) is 0. The maximum atomic E-state index is 6.22. The molecule has 0 bridgehead atoms. The second kappa shape index (κ2) is 7.86. The second-order valence-corrected chi connectivity index (χ2v) is 5.88. The first-order valence-corrected chi connectivity index (χ1v) is 8.42. The molecule has 1 unspecified atom stereocenters. The SMILES string of the molecule is C=C(OCC)C1=C(CCC)N=C(N)/C(=C\N)C1c1ccccc1C. The van der Waals surface area contributed by atoms with Crippen molar-refractivity contribution < 1.29 is 4.74 Å². The fourth-order valence-electron chi connectivity index (χ4n) is 3.16. The van der Waals surface area contributed by atoms with Crippen LogP contribution in [-0.4, -0.2) is 12.4 Å². The van der Waals surface area contributed by atoms with E-state index in [1.54, 1.807) is 6.20 Å². The van der Waals surface area contributed by atoms with Gasteiger partial charge in [-0.1, -0.05) is 44.2 Å². The van der Waals surface area contributed by atoms with Crippen molar-refractivity contribution in [3.63, 3.8) is 0 Å². The van der Waals surface area contributed by atoms with Gasteiger partial charge in [-0.25, -0.2) is 4.99 Å². The third-order valence-corrected chi connectivity index (χ3v) is 4.25. The Hall–Kier alpha value is -2.49. The van der Waals surface area contributed by atoms with Gasteiger partial charge >= 0.3 is 0 Å². The molecule has 0 amide bonds. The molecule has 0 fully saturated rings. The van der Waals surface area contributed by atoms with Crippen LogP contribution in [0.2, 0.25) is 0 Å². The van der Waals surface area contributed by atoms with Crippen LogP contribution in [0.1, 0.15) is 43.7 Å². The zero-order valence-corrected chi connectivity index (χ0v) is 14.8. The quantitative estimate of drug-likeness (QED) is 0.779. The van der Waals surface area contributed by atoms with Gasteiger partial charge in [-0.3, -0.25) is 0 Å². The van der Waals surface area contributed by atoms with Crippen molar-refractivity contribution in [2.24, 2.45) is 16.5 Å². The summed E-state index contributed by atoms with van der Waals surface area (Å²) in [4.78, 5) is 4.60. The molecular weight excluding hydrogens is 298 g/mol. The average molecular weight is 325 g/mol. The molecule has 1 aromatic carbocycles. The Morgan fingerprint density at radius 1 is 1.33 bits per heavy atom. The second-order valence-electron chi connectivity index (χ2n) is 5.88. The highest BCUT2D eigenvalue weighted by atomic mass is 16.5. The van der Waals surface area contributed by atoms with E-state index in [1.165, 1.54) is 5.56 Å². The van der Waals surface area contributed by atoms with E-state index in [0.29, 0.717) is 18.2 Å². The molecule has 1 aromatic rings. The molecule has 1 atom stereocenters. The fourth-order valence-corrected chi connectivity index (χ4v) is 3.16. The maximum absolute atomic E-state index is 6.22. The molecule has 128 valence electrons. The lowest BCUT2D eigenvalue weighted by Gasteiger charge is -2.31. The molecule has 24 heavy (non-hydrogen) atoms. The number of rotatable bonds is 6. The van der Waals surface area contributed by atoms with E-state index in [9.17, 15) is 0 Å². The molecule has 4 nitrogen and oxygen atoms in total. The molecule has 4 heteroatoms. The lowest BCUT2D eigenvalue weighted by atomic mass is 9.78. The molecule has 2 rings (SSSR count). The summed E-state index contributed by atoms with van der Waals surface area (Å²) in [7, 11) is 0. The van der Waals surface area contributed by atoms with Crippen LogP contribution in [0.25, 0.3) is 0 Å². The molecule has 0 aromatic heterocycles. The lowest BCUT2D eigenvalue weighted by Crippen LogP contribution is -2.28. The van der Waals surface area contributed by atoms with Crippen molar-refractivity contribution in [1.29, 1.82) is 0 Å². The number of allylic oxidation sites excluding steroid dienone is 2. The highest BCUT2D eigenvalue weighted by Gasteiger charge is 2.33. The molecule has 0 radical (unpaired) electrons. The van der Waals surface area contributed by atoms with Gasteiger partial charge in [0.25, 0.3) is 0 Å². The van der Waals surface area contributed by atoms with Gasteiger partial charge in [0.05, 0.1) is 12.3 Å². The summed E-state index contributed by atoms with van der Waals surface area (Å²) in [6.45, 7) is 10.9. The Labute approximate surface area is 144 Å². The zero-order chi connectivity index (χ0) is 17.7. The molecule has 0 aliphatic carbocycles. The van der Waals surface area contributed by atoms with Crippen LogP contribution in [0, 0.1) is 6.92 Å². The number of amidine groups is 1. The van der Waals surface area contributed by atoms with Crippen molar-refractivity contribution in [2.75, 3.05) is 6.61 Å². The van der Waals surface area contributed by atoms with Gasteiger partial charge in [0.2, 0.25) is 0 Å². The van der Waals surface area contributed by atoms with Gasteiger partial charge < -0.3 is 16.2 Å². The minimum Gasteiger partial charge on any atom is -0.494 e. The van der Waals surface area contributed by atoms with Crippen molar-refractivity contribution >= 4 is 5.84 Å². The third-order valence-electron chi connectivity index (χ3n) is 4.25. The number of nitrogens with two attached hydrogens (primary N) is 2. The first kappa shape index (κ1) is 17.9. The summed E-state index contributed by atoms with van der Waals surface area (Å²) in [6, 6.07) is 8.24. The van der Waals surface area contributed by atoms with Gasteiger partial charge in [0, 0.05) is 23.3 Å². The Balaban J connectivity index is 2.71. The summed E-state index contributed by atoms with van der Waals surface area (Å²) in [6.07, 6.45) is 3.34. The van der Waals surface area contributed by atoms with Crippen molar-refractivity contribution in [1.82, 2.24) is 0 Å². The van der Waals surface area contributed by atoms with Crippen LogP contribution in [0.5, 0.6) is 0 Å².